The molecule has 0 aliphatic carbocycles. The Balaban J connectivity index is 1.29. The van der Waals surface area contributed by atoms with Crippen LogP contribution in [0.1, 0.15) is 28.6 Å². The van der Waals surface area contributed by atoms with Gasteiger partial charge in [0.2, 0.25) is 11.8 Å². The number of benzene rings is 3. The lowest BCUT2D eigenvalue weighted by molar-refractivity contribution is -0.117. The molecular formula is C23H18N4O3. The van der Waals surface area contributed by atoms with Crippen molar-refractivity contribution in [3.63, 3.8) is 0 Å². The highest BCUT2D eigenvalue weighted by Gasteiger charge is 2.35. The molecule has 3 aromatic carbocycles. The number of anilines is 2. The Labute approximate surface area is 172 Å². The van der Waals surface area contributed by atoms with Crippen LogP contribution < -0.4 is 10.2 Å². The summed E-state index contributed by atoms with van der Waals surface area (Å²) in [4.78, 5) is 26.7. The zero-order valence-corrected chi connectivity index (χ0v) is 16.0. The average Bonchev–Trinajstić information content (AvgIpc) is 3.40. The molecule has 0 spiro atoms. The second-order valence-corrected chi connectivity index (χ2v) is 7.20. The van der Waals surface area contributed by atoms with Crippen LogP contribution in [0.3, 0.4) is 0 Å². The molecule has 0 radical (unpaired) electrons. The van der Waals surface area contributed by atoms with Gasteiger partial charge in [-0.05, 0) is 35.0 Å². The van der Waals surface area contributed by atoms with Crippen LogP contribution in [0.25, 0.3) is 10.8 Å². The molecule has 1 aliphatic rings. The van der Waals surface area contributed by atoms with Gasteiger partial charge in [0, 0.05) is 24.2 Å². The molecule has 7 nitrogen and oxygen atoms in total. The van der Waals surface area contributed by atoms with E-state index < -0.39 is 0 Å². The molecule has 7 heteroatoms. The molecule has 30 heavy (non-hydrogen) atoms. The van der Waals surface area contributed by atoms with Gasteiger partial charge in [-0.1, -0.05) is 53.6 Å². The molecule has 0 saturated carbocycles. The van der Waals surface area contributed by atoms with Gasteiger partial charge in [-0.25, -0.2) is 0 Å². The number of fused-ring (bicyclic) bond motifs is 1. The van der Waals surface area contributed by atoms with E-state index in [0.717, 1.165) is 16.5 Å². The first-order valence-corrected chi connectivity index (χ1v) is 9.66. The van der Waals surface area contributed by atoms with Crippen LogP contribution in [0, 0.1) is 0 Å². The van der Waals surface area contributed by atoms with Gasteiger partial charge >= 0.3 is 6.01 Å². The standard InChI is InChI=1S/C23H18N4O3/c28-20-13-18(14-27(20)19-8-2-1-3-9-19)22-25-26-23(30-22)24-21(29)17-11-10-15-6-4-5-7-16(15)12-17/h1-12,18H,13-14H2,(H,24,26,29). The van der Waals surface area contributed by atoms with Crippen LogP contribution in [-0.4, -0.2) is 28.6 Å². The van der Waals surface area contributed by atoms with Crippen molar-refractivity contribution in [1.82, 2.24) is 10.2 Å². The summed E-state index contributed by atoms with van der Waals surface area (Å²) in [6.45, 7) is 0.461. The molecule has 148 valence electrons. The second kappa shape index (κ2) is 7.44. The maximum absolute atomic E-state index is 12.6. The summed E-state index contributed by atoms with van der Waals surface area (Å²) in [6, 6.07) is 22.8. The molecule has 1 saturated heterocycles. The van der Waals surface area contributed by atoms with E-state index in [0.29, 0.717) is 18.0 Å². The molecule has 5 rings (SSSR count). The minimum atomic E-state index is -0.329. The van der Waals surface area contributed by atoms with Gasteiger partial charge < -0.3 is 9.32 Å². The van der Waals surface area contributed by atoms with Crippen molar-refractivity contribution >= 4 is 34.3 Å². The quantitative estimate of drug-likeness (QED) is 0.561. The zero-order valence-electron chi connectivity index (χ0n) is 16.0. The minimum absolute atomic E-state index is 0.00569. The van der Waals surface area contributed by atoms with E-state index in [1.54, 1.807) is 11.0 Å². The SMILES string of the molecule is O=C(Nc1nnc(C2CC(=O)N(c3ccccc3)C2)o1)c1ccc2ccccc2c1. The van der Waals surface area contributed by atoms with Crippen molar-refractivity contribution in [2.75, 3.05) is 16.8 Å². The number of aromatic nitrogens is 2. The van der Waals surface area contributed by atoms with Crippen LogP contribution in [0.15, 0.2) is 77.2 Å². The predicted octanol–water partition coefficient (Wildman–Crippen LogP) is 4.00. The number of rotatable bonds is 4. The smallest absolute Gasteiger partial charge is 0.322 e. The Bertz CT molecular complexity index is 1240. The summed E-state index contributed by atoms with van der Waals surface area (Å²) in [5, 5.41) is 12.7. The maximum Gasteiger partial charge on any atom is 0.322 e. The summed E-state index contributed by atoms with van der Waals surface area (Å²) in [7, 11) is 0. The third-order valence-electron chi connectivity index (χ3n) is 5.21. The van der Waals surface area contributed by atoms with Crippen LogP contribution >= 0.6 is 0 Å². The third kappa shape index (κ3) is 3.41. The summed E-state index contributed by atoms with van der Waals surface area (Å²) < 4.78 is 5.65. The van der Waals surface area contributed by atoms with E-state index in [4.69, 9.17) is 4.42 Å². The topological polar surface area (TPSA) is 88.3 Å². The zero-order chi connectivity index (χ0) is 20.5. The Morgan fingerprint density at radius 3 is 2.57 bits per heavy atom. The maximum atomic E-state index is 12.6. The number of para-hydroxylation sites is 1. The van der Waals surface area contributed by atoms with Gasteiger partial charge in [0.25, 0.3) is 5.91 Å². The fraction of sp³-hybridized carbons (Fsp3) is 0.130. The van der Waals surface area contributed by atoms with E-state index in [2.05, 4.69) is 15.5 Å². The second-order valence-electron chi connectivity index (χ2n) is 7.20. The van der Waals surface area contributed by atoms with Crippen molar-refractivity contribution in [3.05, 3.63) is 84.3 Å². The largest absolute Gasteiger partial charge is 0.407 e. The highest BCUT2D eigenvalue weighted by molar-refractivity contribution is 6.05. The Kier molecular flexibility index (Phi) is 4.48. The lowest BCUT2D eigenvalue weighted by Gasteiger charge is -2.15. The van der Waals surface area contributed by atoms with Crippen LogP contribution in [0.2, 0.25) is 0 Å². The number of hydrogen-bond acceptors (Lipinski definition) is 5. The lowest BCUT2D eigenvalue weighted by Crippen LogP contribution is -2.24. The molecule has 4 aromatic rings. The number of hydrogen-bond donors (Lipinski definition) is 1. The van der Waals surface area contributed by atoms with Gasteiger partial charge in [-0.15, -0.1) is 5.10 Å². The summed E-state index contributed by atoms with van der Waals surface area (Å²) in [5.74, 6) is -0.192. The molecule has 1 aliphatic heterocycles. The van der Waals surface area contributed by atoms with Crippen molar-refractivity contribution in [3.8, 4) is 0 Å². The van der Waals surface area contributed by atoms with Crippen LogP contribution in [0.5, 0.6) is 0 Å². The Hall–Kier alpha value is -4.00. The number of nitrogens with one attached hydrogen (secondary N) is 1. The van der Waals surface area contributed by atoms with E-state index in [1.165, 1.54) is 0 Å². The minimum Gasteiger partial charge on any atom is -0.407 e. The molecule has 1 unspecified atom stereocenters. The first-order chi connectivity index (χ1) is 14.7. The van der Waals surface area contributed by atoms with Crippen molar-refractivity contribution < 1.29 is 14.0 Å². The molecule has 1 aromatic heterocycles. The summed E-state index contributed by atoms with van der Waals surface area (Å²) >= 11 is 0. The first kappa shape index (κ1) is 18.1. The monoisotopic (exact) mass is 398 g/mol. The van der Waals surface area contributed by atoms with Crippen LogP contribution in [-0.2, 0) is 4.79 Å². The Morgan fingerprint density at radius 2 is 1.73 bits per heavy atom. The molecular weight excluding hydrogens is 380 g/mol. The van der Waals surface area contributed by atoms with Gasteiger partial charge in [-0.2, -0.15) is 0 Å². The fourth-order valence-corrected chi connectivity index (χ4v) is 3.68. The predicted molar refractivity (Wildman–Crippen MR) is 112 cm³/mol. The van der Waals surface area contributed by atoms with E-state index in [-0.39, 0.29) is 30.2 Å². The highest BCUT2D eigenvalue weighted by Crippen LogP contribution is 2.31. The van der Waals surface area contributed by atoms with Crippen LogP contribution in [0.4, 0.5) is 11.7 Å². The molecule has 1 atom stereocenters. The molecule has 1 fully saturated rings. The normalized spacial score (nSPS) is 16.2. The molecule has 2 amide bonds. The third-order valence-corrected chi connectivity index (χ3v) is 5.21. The van der Waals surface area contributed by atoms with Gasteiger partial charge in [0.15, 0.2) is 0 Å². The van der Waals surface area contributed by atoms with Gasteiger partial charge in [0.1, 0.15) is 0 Å². The van der Waals surface area contributed by atoms with E-state index in [9.17, 15) is 9.59 Å². The molecule has 2 heterocycles. The number of carbonyl (C=O) groups is 2. The lowest BCUT2D eigenvalue weighted by atomic mass is 10.1. The first-order valence-electron chi connectivity index (χ1n) is 9.66. The Morgan fingerprint density at radius 1 is 0.967 bits per heavy atom. The van der Waals surface area contributed by atoms with E-state index in [1.807, 2.05) is 66.7 Å². The number of carbonyl (C=O) groups excluding carboxylic acids is 2. The van der Waals surface area contributed by atoms with Crippen molar-refractivity contribution in [2.45, 2.75) is 12.3 Å². The van der Waals surface area contributed by atoms with Crippen molar-refractivity contribution in [2.24, 2.45) is 0 Å². The molecule has 0 bridgehead atoms. The number of nitrogens with zero attached hydrogens (tertiary/aromatic N) is 3. The van der Waals surface area contributed by atoms with E-state index >= 15 is 0 Å². The van der Waals surface area contributed by atoms with Gasteiger partial charge in [0.05, 0.1) is 5.92 Å². The average molecular weight is 398 g/mol. The highest BCUT2D eigenvalue weighted by atomic mass is 16.4. The summed E-state index contributed by atoms with van der Waals surface area (Å²) in [5.41, 5.74) is 1.34. The number of amides is 2. The van der Waals surface area contributed by atoms with Crippen molar-refractivity contribution in [1.29, 1.82) is 0 Å². The van der Waals surface area contributed by atoms with Gasteiger partial charge in [-0.3, -0.25) is 14.9 Å². The molecule has 1 N–H and O–H groups in total. The summed E-state index contributed by atoms with van der Waals surface area (Å²) in [6.07, 6.45) is 0.287. The fourth-order valence-electron chi connectivity index (χ4n) is 3.68.